The number of aromatic nitrogens is 2. The summed E-state index contributed by atoms with van der Waals surface area (Å²) in [6.45, 7) is 25.8. The highest BCUT2D eigenvalue weighted by Gasteiger charge is 2.66. The standard InChI is InChI=1S/C52H83N5O10S/c1-37-40(41-15-14-38(28-42(58)53-12)54-43(41)44(59)66-46(2,3)4)18-22-57(37)35-51-30-49(10)29-50(11,31-51)33-52(32-49,34-51)64-26-23-55(24-27-68(61,62)65-36-48(8,9)19-25-63-13)39-16-20-56(21-17-39)45(60)67-47(5,6)7/h14-15,18,22,39H,16-17,19-21,23-36H2,1-13H3,(H,53,58). The number of ether oxygens (including phenoxy) is 4. The zero-order valence-corrected chi connectivity index (χ0v) is 44.4. The number of likely N-dealkylation sites (N-methyl/N-ethyl adjacent to an activating group) is 1. The SMILES string of the molecule is CNC(=O)Cc1ccc(-c2ccn(CC34CC5(C)CC(C)(C3)CC(OCCN(CCS(=O)(=O)OCC(C)(C)CCOC)C3CCN(C(=O)OC(C)(C)C)CC3)(C5)C4)c2C)c(C(=O)OC(C)(C)C)n1. The zero-order valence-electron chi connectivity index (χ0n) is 43.6. The van der Waals surface area contributed by atoms with Gasteiger partial charge in [-0.25, -0.2) is 14.6 Å². The number of hydrogen-bond donors (Lipinski definition) is 1. The lowest BCUT2D eigenvalue weighted by molar-refractivity contribution is -0.248. The minimum absolute atomic E-state index is 0.0282. The maximum atomic E-state index is 13.7. The van der Waals surface area contributed by atoms with Crippen LogP contribution in [0.15, 0.2) is 24.4 Å². The largest absolute Gasteiger partial charge is 0.455 e. The van der Waals surface area contributed by atoms with Gasteiger partial charge in [-0.2, -0.15) is 8.42 Å². The first-order valence-corrected chi connectivity index (χ1v) is 26.4. The molecule has 2 amide bonds. The predicted octanol–water partition coefficient (Wildman–Crippen LogP) is 8.35. The van der Waals surface area contributed by atoms with Gasteiger partial charge in [0.2, 0.25) is 5.91 Å². The Morgan fingerprint density at radius 2 is 1.50 bits per heavy atom. The summed E-state index contributed by atoms with van der Waals surface area (Å²) in [4.78, 5) is 47.7. The molecule has 0 aromatic carbocycles. The van der Waals surface area contributed by atoms with E-state index in [1.807, 2.05) is 67.5 Å². The van der Waals surface area contributed by atoms with Crippen molar-refractivity contribution in [1.29, 1.82) is 0 Å². The van der Waals surface area contributed by atoms with Crippen LogP contribution in [0.4, 0.5) is 4.79 Å². The van der Waals surface area contributed by atoms with Crippen molar-refractivity contribution in [3.63, 3.8) is 0 Å². The van der Waals surface area contributed by atoms with Gasteiger partial charge in [-0.1, -0.05) is 33.8 Å². The second-order valence-corrected chi connectivity index (χ2v) is 26.1. The molecule has 2 unspecified atom stereocenters. The van der Waals surface area contributed by atoms with Crippen LogP contribution in [-0.4, -0.2) is 134 Å². The van der Waals surface area contributed by atoms with E-state index in [0.29, 0.717) is 69.9 Å². The molecule has 2 aromatic rings. The molecule has 1 aliphatic heterocycles. The number of nitrogens with zero attached hydrogens (tertiary/aromatic N) is 4. The van der Waals surface area contributed by atoms with Crippen LogP contribution >= 0.6 is 0 Å². The molecule has 4 aliphatic carbocycles. The number of piperidine rings is 1. The molecule has 4 bridgehead atoms. The second-order valence-electron chi connectivity index (χ2n) is 24.4. The first-order valence-electron chi connectivity index (χ1n) is 24.8. The zero-order chi connectivity index (χ0) is 50.1. The molecule has 382 valence electrons. The van der Waals surface area contributed by atoms with Gasteiger partial charge in [0, 0.05) is 82.5 Å². The van der Waals surface area contributed by atoms with Crippen molar-refractivity contribution in [2.75, 3.05) is 65.9 Å². The van der Waals surface area contributed by atoms with Gasteiger partial charge in [-0.3, -0.25) is 13.9 Å². The van der Waals surface area contributed by atoms with E-state index in [2.05, 4.69) is 47.8 Å². The summed E-state index contributed by atoms with van der Waals surface area (Å²) in [6, 6.07) is 5.82. The van der Waals surface area contributed by atoms with Crippen molar-refractivity contribution < 1.29 is 45.9 Å². The fraction of sp³-hybridized carbons (Fsp3) is 0.769. The summed E-state index contributed by atoms with van der Waals surface area (Å²) in [5.41, 5.74) is 1.44. The predicted molar refractivity (Wildman–Crippen MR) is 263 cm³/mol. The number of carbonyl (C=O) groups excluding carboxylic acids is 3. The number of pyridine rings is 1. The van der Waals surface area contributed by atoms with Crippen LogP contribution in [0.5, 0.6) is 0 Å². The van der Waals surface area contributed by atoms with E-state index in [-0.39, 0.29) is 69.8 Å². The molecule has 1 N–H and O–H groups in total. The van der Waals surface area contributed by atoms with Crippen LogP contribution in [0.3, 0.4) is 0 Å². The smallest absolute Gasteiger partial charge is 0.410 e. The third-order valence-electron chi connectivity index (χ3n) is 14.5. The van der Waals surface area contributed by atoms with Crippen LogP contribution in [-0.2, 0) is 51.0 Å². The Bertz CT molecular complexity index is 2220. The molecule has 5 aliphatic rings. The third kappa shape index (κ3) is 13.8. The molecule has 0 radical (unpaired) electrons. The van der Waals surface area contributed by atoms with E-state index >= 15 is 0 Å². The average Bonchev–Trinajstić information content (AvgIpc) is 3.56. The number of amides is 2. The van der Waals surface area contributed by atoms with Crippen molar-refractivity contribution in [2.24, 2.45) is 21.7 Å². The molecule has 0 spiro atoms. The summed E-state index contributed by atoms with van der Waals surface area (Å²) in [5, 5.41) is 2.64. The van der Waals surface area contributed by atoms with E-state index in [1.54, 1.807) is 19.1 Å². The van der Waals surface area contributed by atoms with E-state index in [9.17, 15) is 22.8 Å². The van der Waals surface area contributed by atoms with Gasteiger partial charge in [0.25, 0.3) is 10.1 Å². The van der Waals surface area contributed by atoms with Crippen molar-refractivity contribution in [3.8, 4) is 11.1 Å². The minimum atomic E-state index is -3.83. The van der Waals surface area contributed by atoms with Crippen molar-refractivity contribution in [1.82, 2.24) is 24.7 Å². The third-order valence-corrected chi connectivity index (χ3v) is 15.7. The quantitative estimate of drug-likeness (QED) is 0.0997. The van der Waals surface area contributed by atoms with Gasteiger partial charge in [0.15, 0.2) is 5.69 Å². The Balaban J connectivity index is 1.20. The van der Waals surface area contributed by atoms with E-state index in [0.717, 1.165) is 56.3 Å². The lowest BCUT2D eigenvalue weighted by atomic mass is 9.39. The Morgan fingerprint density at radius 3 is 2.10 bits per heavy atom. The Morgan fingerprint density at radius 1 is 0.853 bits per heavy atom. The molecular weight excluding hydrogens is 887 g/mol. The summed E-state index contributed by atoms with van der Waals surface area (Å²) in [5.74, 6) is -0.864. The summed E-state index contributed by atoms with van der Waals surface area (Å²) < 4.78 is 58.8. The topological polar surface area (TPSA) is 168 Å². The second kappa shape index (κ2) is 20.3. The van der Waals surface area contributed by atoms with Gasteiger partial charge >= 0.3 is 12.1 Å². The molecule has 1 saturated heterocycles. The number of rotatable bonds is 20. The Kier molecular flexibility index (Phi) is 16.0. The Hall–Kier alpha value is -3.57. The first kappa shape index (κ1) is 53.8. The first-order chi connectivity index (χ1) is 31.5. The van der Waals surface area contributed by atoms with Crippen LogP contribution in [0.25, 0.3) is 11.1 Å². The van der Waals surface area contributed by atoms with Crippen LogP contribution in [0.1, 0.15) is 149 Å². The molecule has 15 nitrogen and oxygen atoms in total. The highest BCUT2D eigenvalue weighted by atomic mass is 32.2. The number of esters is 1. The lowest BCUT2D eigenvalue weighted by Crippen LogP contribution is -2.64. The molecular formula is C52H83N5O10S. The van der Waals surface area contributed by atoms with Gasteiger partial charge in [0.05, 0.1) is 36.7 Å². The number of methoxy groups -OCH3 is 1. The molecule has 2 atom stereocenters. The molecule has 16 heteroatoms. The summed E-state index contributed by atoms with van der Waals surface area (Å²) in [7, 11) is -0.612. The number of carbonyl (C=O) groups is 3. The van der Waals surface area contributed by atoms with E-state index < -0.39 is 27.3 Å². The van der Waals surface area contributed by atoms with Gasteiger partial charge in [-0.15, -0.1) is 0 Å². The molecule has 68 heavy (non-hydrogen) atoms. The highest BCUT2D eigenvalue weighted by molar-refractivity contribution is 7.86. The van der Waals surface area contributed by atoms with E-state index in [4.69, 9.17) is 28.1 Å². The highest BCUT2D eigenvalue weighted by Crippen LogP contribution is 2.72. The van der Waals surface area contributed by atoms with Crippen LogP contribution in [0, 0.1) is 28.6 Å². The average molecular weight is 970 g/mol. The maximum absolute atomic E-state index is 13.7. The number of nitrogens with one attached hydrogen (secondary N) is 1. The fourth-order valence-electron chi connectivity index (χ4n) is 12.7. The fourth-order valence-corrected chi connectivity index (χ4v) is 13.7. The van der Waals surface area contributed by atoms with Crippen LogP contribution in [0.2, 0.25) is 0 Å². The van der Waals surface area contributed by atoms with Gasteiger partial charge in [0.1, 0.15) is 11.2 Å². The monoisotopic (exact) mass is 970 g/mol. The normalized spacial score (nSPS) is 25.5. The molecule has 3 heterocycles. The maximum Gasteiger partial charge on any atom is 0.410 e. The van der Waals surface area contributed by atoms with E-state index in [1.165, 1.54) is 0 Å². The summed E-state index contributed by atoms with van der Waals surface area (Å²) in [6.07, 6.45) is 10.2. The molecule has 2 aromatic heterocycles. The lowest BCUT2D eigenvalue weighted by Gasteiger charge is -2.69. The van der Waals surface area contributed by atoms with Gasteiger partial charge in [-0.05, 0) is 140 Å². The Labute approximate surface area is 407 Å². The van der Waals surface area contributed by atoms with Crippen molar-refractivity contribution in [2.45, 2.75) is 170 Å². The molecule has 7 rings (SSSR count). The van der Waals surface area contributed by atoms with Crippen molar-refractivity contribution in [3.05, 3.63) is 41.5 Å². The summed E-state index contributed by atoms with van der Waals surface area (Å²) >= 11 is 0. The molecule has 5 fully saturated rings. The molecule has 4 saturated carbocycles. The van der Waals surface area contributed by atoms with Crippen molar-refractivity contribution >= 4 is 28.1 Å². The minimum Gasteiger partial charge on any atom is -0.455 e. The van der Waals surface area contributed by atoms with Crippen LogP contribution < -0.4 is 5.32 Å². The number of likely N-dealkylation sites (tertiary alicyclic amines) is 1. The van der Waals surface area contributed by atoms with Gasteiger partial charge < -0.3 is 33.7 Å². The number of hydrogen-bond acceptors (Lipinski definition) is 12.